The van der Waals surface area contributed by atoms with Gasteiger partial charge in [0.1, 0.15) is 18.5 Å². The van der Waals surface area contributed by atoms with Crippen molar-refractivity contribution >= 4 is 11.6 Å². The van der Waals surface area contributed by atoms with Crippen molar-refractivity contribution in [1.29, 1.82) is 0 Å². The lowest BCUT2D eigenvalue weighted by Crippen LogP contribution is -2.33. The highest BCUT2D eigenvalue weighted by Crippen LogP contribution is 2.17. The van der Waals surface area contributed by atoms with E-state index in [0.717, 1.165) is 16.3 Å². The lowest BCUT2D eigenvalue weighted by Gasteiger charge is -2.18. The van der Waals surface area contributed by atoms with Gasteiger partial charge >= 0.3 is 0 Å². The second-order valence-corrected chi connectivity index (χ2v) is 6.33. The third-order valence-electron chi connectivity index (χ3n) is 3.95. The van der Waals surface area contributed by atoms with Crippen LogP contribution in [0.25, 0.3) is 0 Å². The van der Waals surface area contributed by atoms with E-state index in [1.165, 1.54) is 11.1 Å². The first-order chi connectivity index (χ1) is 11.0. The first-order valence-corrected chi connectivity index (χ1v) is 8.20. The van der Waals surface area contributed by atoms with E-state index in [4.69, 9.17) is 16.3 Å². The first-order valence-electron chi connectivity index (χ1n) is 7.82. The molecule has 2 unspecified atom stereocenters. The molecular formula is C19H24ClNO2. The molecular weight excluding hydrogens is 310 g/mol. The molecule has 2 atom stereocenters. The van der Waals surface area contributed by atoms with Gasteiger partial charge < -0.3 is 15.2 Å². The van der Waals surface area contributed by atoms with Gasteiger partial charge in [-0.25, -0.2) is 0 Å². The number of benzene rings is 2. The molecule has 2 aromatic rings. The minimum atomic E-state index is -0.564. The Morgan fingerprint density at radius 3 is 2.43 bits per heavy atom. The van der Waals surface area contributed by atoms with Crippen LogP contribution < -0.4 is 10.1 Å². The average molecular weight is 334 g/mol. The summed E-state index contributed by atoms with van der Waals surface area (Å²) in [7, 11) is 0. The van der Waals surface area contributed by atoms with Crippen molar-refractivity contribution < 1.29 is 9.84 Å². The van der Waals surface area contributed by atoms with E-state index in [2.05, 4.69) is 19.2 Å². The molecule has 0 heterocycles. The summed E-state index contributed by atoms with van der Waals surface area (Å²) in [6, 6.07) is 13.8. The molecule has 0 aliphatic carbocycles. The summed E-state index contributed by atoms with van der Waals surface area (Å²) in [4.78, 5) is 0. The van der Waals surface area contributed by atoms with Gasteiger partial charge in [-0.3, -0.25) is 0 Å². The van der Waals surface area contributed by atoms with E-state index in [1.807, 2.05) is 49.4 Å². The van der Waals surface area contributed by atoms with Gasteiger partial charge in [-0.15, -0.1) is 0 Å². The van der Waals surface area contributed by atoms with Crippen LogP contribution in [0.5, 0.6) is 5.75 Å². The molecule has 3 nitrogen and oxygen atoms in total. The van der Waals surface area contributed by atoms with Crippen LogP contribution in [0.4, 0.5) is 0 Å². The van der Waals surface area contributed by atoms with Crippen molar-refractivity contribution in [3.63, 3.8) is 0 Å². The second kappa shape index (κ2) is 8.34. The molecule has 0 aliphatic rings. The van der Waals surface area contributed by atoms with E-state index in [0.29, 0.717) is 6.54 Å². The summed E-state index contributed by atoms with van der Waals surface area (Å²) in [6.07, 6.45) is -0.564. The molecule has 2 N–H and O–H groups in total. The quantitative estimate of drug-likeness (QED) is 0.803. The van der Waals surface area contributed by atoms with Crippen molar-refractivity contribution in [2.75, 3.05) is 13.2 Å². The summed E-state index contributed by atoms with van der Waals surface area (Å²) in [5, 5.41) is 14.1. The van der Waals surface area contributed by atoms with E-state index >= 15 is 0 Å². The Kier molecular flexibility index (Phi) is 6.46. The Morgan fingerprint density at radius 1 is 1.09 bits per heavy atom. The third kappa shape index (κ3) is 5.54. The Bertz CT molecular complexity index is 628. The van der Waals surface area contributed by atoms with Crippen LogP contribution in [0, 0.1) is 13.8 Å². The number of ether oxygens (including phenoxy) is 1. The third-order valence-corrected chi connectivity index (χ3v) is 4.20. The van der Waals surface area contributed by atoms with Crippen molar-refractivity contribution in [2.45, 2.75) is 32.9 Å². The zero-order valence-corrected chi connectivity index (χ0v) is 14.6. The predicted octanol–water partition coefficient (Wildman–Crippen LogP) is 4.05. The number of aliphatic hydroxyl groups is 1. The Morgan fingerprint density at radius 2 is 1.78 bits per heavy atom. The van der Waals surface area contributed by atoms with E-state index in [9.17, 15) is 5.11 Å². The van der Waals surface area contributed by atoms with Gasteiger partial charge in [0.2, 0.25) is 0 Å². The molecule has 4 heteroatoms. The van der Waals surface area contributed by atoms with Crippen LogP contribution in [-0.4, -0.2) is 24.4 Å². The van der Waals surface area contributed by atoms with Gasteiger partial charge in [0.25, 0.3) is 0 Å². The molecule has 0 bridgehead atoms. The van der Waals surface area contributed by atoms with E-state index in [1.54, 1.807) is 0 Å². The molecule has 23 heavy (non-hydrogen) atoms. The molecule has 0 amide bonds. The van der Waals surface area contributed by atoms with Crippen LogP contribution in [0.3, 0.4) is 0 Å². The van der Waals surface area contributed by atoms with Gasteiger partial charge in [-0.05, 0) is 61.7 Å². The molecule has 0 radical (unpaired) electrons. The minimum absolute atomic E-state index is 0.142. The van der Waals surface area contributed by atoms with Gasteiger partial charge in [-0.1, -0.05) is 29.8 Å². The molecule has 0 fully saturated rings. The predicted molar refractivity (Wildman–Crippen MR) is 95.3 cm³/mol. The fraction of sp³-hybridized carbons (Fsp3) is 0.368. The number of aryl methyl sites for hydroxylation is 2. The molecule has 0 aromatic heterocycles. The van der Waals surface area contributed by atoms with Gasteiger partial charge in [-0.2, -0.15) is 0 Å². The van der Waals surface area contributed by atoms with Crippen LogP contribution in [-0.2, 0) is 0 Å². The van der Waals surface area contributed by atoms with E-state index < -0.39 is 6.10 Å². The van der Waals surface area contributed by atoms with Crippen LogP contribution in [0.2, 0.25) is 5.02 Å². The Labute approximate surface area is 143 Å². The number of halogens is 1. The van der Waals surface area contributed by atoms with Crippen LogP contribution in [0.1, 0.15) is 29.7 Å². The fourth-order valence-electron chi connectivity index (χ4n) is 2.24. The normalized spacial score (nSPS) is 13.6. The molecule has 0 spiro atoms. The van der Waals surface area contributed by atoms with Gasteiger partial charge in [0.15, 0.2) is 0 Å². The summed E-state index contributed by atoms with van der Waals surface area (Å²) in [5.41, 5.74) is 3.56. The second-order valence-electron chi connectivity index (χ2n) is 5.89. The molecule has 124 valence electrons. The standard InChI is InChI=1S/C19H24ClNO2/c1-13-4-9-19(10-14(13)2)23-12-18(22)11-21-15(3)16-5-7-17(20)8-6-16/h4-10,15,18,21-22H,11-12H2,1-3H3. The molecule has 0 saturated carbocycles. The molecule has 2 aromatic carbocycles. The summed E-state index contributed by atoms with van der Waals surface area (Å²) >= 11 is 5.89. The molecule has 0 saturated heterocycles. The van der Waals surface area contributed by atoms with Gasteiger partial charge in [0, 0.05) is 17.6 Å². The number of aliphatic hydroxyl groups excluding tert-OH is 1. The first kappa shape index (κ1) is 17.8. The number of hydrogen-bond donors (Lipinski definition) is 2. The van der Waals surface area contributed by atoms with Crippen molar-refractivity contribution in [3.8, 4) is 5.75 Å². The maximum absolute atomic E-state index is 10.1. The number of nitrogens with one attached hydrogen (secondary N) is 1. The number of rotatable bonds is 7. The lowest BCUT2D eigenvalue weighted by atomic mass is 10.1. The van der Waals surface area contributed by atoms with E-state index in [-0.39, 0.29) is 12.6 Å². The maximum atomic E-state index is 10.1. The highest BCUT2D eigenvalue weighted by molar-refractivity contribution is 6.30. The summed E-state index contributed by atoms with van der Waals surface area (Å²) < 4.78 is 5.65. The smallest absolute Gasteiger partial charge is 0.119 e. The van der Waals surface area contributed by atoms with Crippen molar-refractivity contribution in [1.82, 2.24) is 5.32 Å². The Balaban J connectivity index is 1.77. The van der Waals surface area contributed by atoms with Gasteiger partial charge in [0.05, 0.1) is 0 Å². The zero-order chi connectivity index (χ0) is 16.8. The monoisotopic (exact) mass is 333 g/mol. The van der Waals surface area contributed by atoms with Crippen molar-refractivity contribution in [3.05, 3.63) is 64.2 Å². The SMILES string of the molecule is Cc1ccc(OCC(O)CNC(C)c2ccc(Cl)cc2)cc1C. The van der Waals surface area contributed by atoms with Crippen LogP contribution in [0.15, 0.2) is 42.5 Å². The minimum Gasteiger partial charge on any atom is -0.491 e. The molecule has 0 aliphatic heterocycles. The summed E-state index contributed by atoms with van der Waals surface area (Å²) in [6.45, 7) is 6.90. The van der Waals surface area contributed by atoms with Crippen LogP contribution >= 0.6 is 11.6 Å². The summed E-state index contributed by atoms with van der Waals surface area (Å²) in [5.74, 6) is 0.790. The largest absolute Gasteiger partial charge is 0.491 e. The molecule has 2 rings (SSSR count). The van der Waals surface area contributed by atoms with Crippen molar-refractivity contribution in [2.24, 2.45) is 0 Å². The maximum Gasteiger partial charge on any atom is 0.119 e. The number of hydrogen-bond acceptors (Lipinski definition) is 3. The Hall–Kier alpha value is -1.55. The fourth-order valence-corrected chi connectivity index (χ4v) is 2.36. The lowest BCUT2D eigenvalue weighted by molar-refractivity contribution is 0.104. The highest BCUT2D eigenvalue weighted by Gasteiger charge is 2.10. The zero-order valence-electron chi connectivity index (χ0n) is 13.8. The highest BCUT2D eigenvalue weighted by atomic mass is 35.5. The topological polar surface area (TPSA) is 41.5 Å². The average Bonchev–Trinajstić information content (AvgIpc) is 2.54.